The summed E-state index contributed by atoms with van der Waals surface area (Å²) in [6, 6.07) is 13.3. The van der Waals surface area contributed by atoms with Gasteiger partial charge in [-0.05, 0) is 59.0 Å². The van der Waals surface area contributed by atoms with E-state index < -0.39 is 0 Å². The van der Waals surface area contributed by atoms with Gasteiger partial charge in [0.25, 0.3) is 0 Å². The molecule has 0 radical (unpaired) electrons. The standard InChI is InChI=1S/C13H8Cl2IN/c14-10-2-1-9(13(15)7-10)8-17-12-5-3-11(16)4-6-12/h1-8H. The Labute approximate surface area is 124 Å². The van der Waals surface area contributed by atoms with Crippen molar-refractivity contribution in [2.45, 2.75) is 0 Å². The van der Waals surface area contributed by atoms with E-state index in [0.29, 0.717) is 10.0 Å². The first-order chi connectivity index (χ1) is 8.15. The van der Waals surface area contributed by atoms with Gasteiger partial charge >= 0.3 is 0 Å². The average molecular weight is 376 g/mol. The largest absolute Gasteiger partial charge is 0.256 e. The zero-order valence-corrected chi connectivity index (χ0v) is 12.4. The SMILES string of the molecule is Clc1ccc(C=Nc2ccc(I)cc2)c(Cl)c1. The summed E-state index contributed by atoms with van der Waals surface area (Å²) in [5.41, 5.74) is 1.76. The van der Waals surface area contributed by atoms with Gasteiger partial charge in [0.1, 0.15) is 0 Å². The van der Waals surface area contributed by atoms with E-state index in [9.17, 15) is 0 Å². The molecule has 0 aliphatic carbocycles. The number of benzene rings is 2. The van der Waals surface area contributed by atoms with E-state index in [-0.39, 0.29) is 0 Å². The Hall–Kier alpha value is -0.580. The fourth-order valence-corrected chi connectivity index (χ4v) is 2.09. The minimum Gasteiger partial charge on any atom is -0.256 e. The van der Waals surface area contributed by atoms with Crippen LogP contribution in [0.25, 0.3) is 0 Å². The van der Waals surface area contributed by atoms with Gasteiger partial charge in [0.05, 0.1) is 10.7 Å². The van der Waals surface area contributed by atoms with Crippen molar-refractivity contribution >= 4 is 57.7 Å². The van der Waals surface area contributed by atoms with Gasteiger partial charge in [-0.15, -0.1) is 0 Å². The lowest BCUT2D eigenvalue weighted by atomic mass is 10.2. The molecular weight excluding hydrogens is 368 g/mol. The molecule has 2 rings (SSSR count). The van der Waals surface area contributed by atoms with Crippen molar-refractivity contribution in [3.8, 4) is 0 Å². The van der Waals surface area contributed by atoms with Gasteiger partial charge in [-0.3, -0.25) is 4.99 Å². The van der Waals surface area contributed by atoms with Crippen molar-refractivity contribution in [2.24, 2.45) is 4.99 Å². The molecule has 2 aromatic carbocycles. The van der Waals surface area contributed by atoms with Gasteiger partial charge in [0.2, 0.25) is 0 Å². The Morgan fingerprint density at radius 1 is 1.00 bits per heavy atom. The van der Waals surface area contributed by atoms with E-state index in [1.807, 2.05) is 30.3 Å². The van der Waals surface area contributed by atoms with Crippen LogP contribution in [0.4, 0.5) is 5.69 Å². The summed E-state index contributed by atoms with van der Waals surface area (Å²) in [7, 11) is 0. The van der Waals surface area contributed by atoms with Crippen LogP contribution in [0.3, 0.4) is 0 Å². The van der Waals surface area contributed by atoms with Crippen LogP contribution in [0.5, 0.6) is 0 Å². The van der Waals surface area contributed by atoms with E-state index >= 15 is 0 Å². The lowest BCUT2D eigenvalue weighted by Crippen LogP contribution is -1.82. The van der Waals surface area contributed by atoms with Gasteiger partial charge in [0, 0.05) is 20.4 Å². The van der Waals surface area contributed by atoms with E-state index in [0.717, 1.165) is 11.3 Å². The Bertz CT molecular complexity index is 550. The third-order valence-corrected chi connectivity index (χ3v) is 3.42. The first-order valence-corrected chi connectivity index (χ1v) is 6.73. The maximum atomic E-state index is 6.04. The van der Waals surface area contributed by atoms with Gasteiger partial charge in [-0.25, -0.2) is 0 Å². The van der Waals surface area contributed by atoms with E-state index in [1.54, 1.807) is 18.3 Å². The number of aliphatic imine (C=N–C) groups is 1. The second-order valence-electron chi connectivity index (χ2n) is 3.40. The molecule has 4 heteroatoms. The third-order valence-electron chi connectivity index (χ3n) is 2.14. The van der Waals surface area contributed by atoms with Crippen molar-refractivity contribution in [2.75, 3.05) is 0 Å². The lowest BCUT2D eigenvalue weighted by molar-refractivity contribution is 1.51. The minimum absolute atomic E-state index is 0.603. The molecule has 0 saturated heterocycles. The molecule has 0 unspecified atom stereocenters. The fraction of sp³-hybridized carbons (Fsp3) is 0. The summed E-state index contributed by atoms with van der Waals surface area (Å²) in [5.74, 6) is 0. The second kappa shape index (κ2) is 5.85. The molecule has 86 valence electrons. The van der Waals surface area contributed by atoms with Crippen molar-refractivity contribution < 1.29 is 0 Å². The molecule has 0 aliphatic heterocycles. The Morgan fingerprint density at radius 3 is 2.35 bits per heavy atom. The Kier molecular flexibility index (Phi) is 4.42. The molecule has 0 atom stereocenters. The highest BCUT2D eigenvalue weighted by Crippen LogP contribution is 2.20. The maximum absolute atomic E-state index is 6.04. The predicted molar refractivity (Wildman–Crippen MR) is 82.9 cm³/mol. The molecule has 0 saturated carbocycles. The molecule has 0 heterocycles. The zero-order valence-electron chi connectivity index (χ0n) is 8.70. The van der Waals surface area contributed by atoms with E-state index in [4.69, 9.17) is 23.2 Å². The number of hydrogen-bond acceptors (Lipinski definition) is 1. The first kappa shape index (κ1) is 12.9. The molecular formula is C13H8Cl2IN. The minimum atomic E-state index is 0.603. The number of rotatable bonds is 2. The molecule has 2 aromatic rings. The summed E-state index contributed by atoms with van der Waals surface area (Å²) >= 11 is 14.1. The van der Waals surface area contributed by atoms with Crippen LogP contribution in [0, 0.1) is 3.57 Å². The predicted octanol–water partition coefficient (Wildman–Crippen LogP) is 5.35. The molecule has 1 nitrogen and oxygen atoms in total. The van der Waals surface area contributed by atoms with Gasteiger partial charge < -0.3 is 0 Å². The summed E-state index contributed by atoms with van der Waals surface area (Å²) in [4.78, 5) is 4.35. The second-order valence-corrected chi connectivity index (χ2v) is 5.49. The third kappa shape index (κ3) is 3.69. The van der Waals surface area contributed by atoms with Crippen LogP contribution in [0.2, 0.25) is 10.0 Å². The molecule has 0 amide bonds. The van der Waals surface area contributed by atoms with E-state index in [2.05, 4.69) is 27.6 Å². The van der Waals surface area contributed by atoms with Gasteiger partial charge in [-0.2, -0.15) is 0 Å². The van der Waals surface area contributed by atoms with Crippen molar-refractivity contribution in [3.63, 3.8) is 0 Å². The zero-order chi connectivity index (χ0) is 12.3. The highest BCUT2D eigenvalue weighted by molar-refractivity contribution is 14.1. The molecule has 0 bridgehead atoms. The quantitative estimate of drug-likeness (QED) is 0.495. The first-order valence-electron chi connectivity index (χ1n) is 4.90. The molecule has 0 N–H and O–H groups in total. The van der Waals surface area contributed by atoms with Gasteiger partial charge in [0.15, 0.2) is 0 Å². The average Bonchev–Trinajstić information content (AvgIpc) is 2.30. The number of nitrogens with zero attached hydrogens (tertiary/aromatic N) is 1. The van der Waals surface area contributed by atoms with Crippen molar-refractivity contribution in [1.82, 2.24) is 0 Å². The lowest BCUT2D eigenvalue weighted by Gasteiger charge is -1.98. The molecule has 0 aromatic heterocycles. The summed E-state index contributed by atoms with van der Waals surface area (Å²) in [5, 5.41) is 1.23. The molecule has 17 heavy (non-hydrogen) atoms. The van der Waals surface area contributed by atoms with Crippen molar-refractivity contribution in [3.05, 3.63) is 61.6 Å². The monoisotopic (exact) mass is 375 g/mol. The summed E-state index contributed by atoms with van der Waals surface area (Å²) in [6.45, 7) is 0. The topological polar surface area (TPSA) is 12.4 Å². The van der Waals surface area contributed by atoms with E-state index in [1.165, 1.54) is 3.57 Å². The van der Waals surface area contributed by atoms with Crippen LogP contribution >= 0.6 is 45.8 Å². The van der Waals surface area contributed by atoms with Crippen LogP contribution in [0.1, 0.15) is 5.56 Å². The molecule has 0 aliphatic rings. The smallest absolute Gasteiger partial charge is 0.0630 e. The van der Waals surface area contributed by atoms with Crippen LogP contribution in [-0.4, -0.2) is 6.21 Å². The number of halogens is 3. The molecule has 0 fully saturated rings. The summed E-state index contributed by atoms with van der Waals surface area (Å²) in [6.07, 6.45) is 1.74. The maximum Gasteiger partial charge on any atom is 0.0630 e. The Morgan fingerprint density at radius 2 is 1.71 bits per heavy atom. The fourth-order valence-electron chi connectivity index (χ4n) is 1.28. The van der Waals surface area contributed by atoms with Gasteiger partial charge in [-0.1, -0.05) is 29.3 Å². The summed E-state index contributed by atoms with van der Waals surface area (Å²) < 4.78 is 1.19. The number of hydrogen-bond donors (Lipinski definition) is 0. The highest BCUT2D eigenvalue weighted by Gasteiger charge is 1.98. The van der Waals surface area contributed by atoms with Crippen LogP contribution < -0.4 is 0 Å². The van der Waals surface area contributed by atoms with Crippen molar-refractivity contribution in [1.29, 1.82) is 0 Å². The van der Waals surface area contributed by atoms with Crippen LogP contribution in [-0.2, 0) is 0 Å². The Balaban J connectivity index is 2.23. The highest BCUT2D eigenvalue weighted by atomic mass is 127. The van der Waals surface area contributed by atoms with Crippen LogP contribution in [0.15, 0.2) is 47.5 Å². The normalized spacial score (nSPS) is 11.0. The molecule has 0 spiro atoms.